The number of carboxylic acids is 1. The molecular weight excluding hydrogens is 192 g/mol. The van der Waals surface area contributed by atoms with E-state index in [2.05, 4.69) is 15.3 Å². The quantitative estimate of drug-likeness (QED) is 0.741. The SMILES string of the molecule is Cc1nnc2sc(CC(=O)O)nn12. The zero-order chi connectivity index (χ0) is 9.42. The number of aryl methyl sites for hydroxylation is 1. The maximum absolute atomic E-state index is 10.4. The van der Waals surface area contributed by atoms with E-state index in [-0.39, 0.29) is 6.42 Å². The molecule has 0 spiro atoms. The van der Waals surface area contributed by atoms with Gasteiger partial charge in [-0.25, -0.2) is 0 Å². The van der Waals surface area contributed by atoms with Crippen molar-refractivity contribution in [2.45, 2.75) is 13.3 Å². The fourth-order valence-corrected chi connectivity index (χ4v) is 1.83. The van der Waals surface area contributed by atoms with E-state index in [1.807, 2.05) is 0 Å². The molecule has 68 valence electrons. The van der Waals surface area contributed by atoms with E-state index < -0.39 is 5.97 Å². The van der Waals surface area contributed by atoms with E-state index in [1.54, 1.807) is 11.4 Å². The molecule has 0 aromatic carbocycles. The second-order valence-electron chi connectivity index (χ2n) is 2.51. The van der Waals surface area contributed by atoms with Gasteiger partial charge >= 0.3 is 5.97 Å². The Morgan fingerprint density at radius 1 is 1.62 bits per heavy atom. The molecule has 0 aliphatic carbocycles. The number of rotatable bonds is 2. The van der Waals surface area contributed by atoms with Crippen molar-refractivity contribution in [2.24, 2.45) is 0 Å². The van der Waals surface area contributed by atoms with Gasteiger partial charge in [0.1, 0.15) is 5.01 Å². The molecule has 0 amide bonds. The highest BCUT2D eigenvalue weighted by Crippen LogP contribution is 2.13. The summed E-state index contributed by atoms with van der Waals surface area (Å²) in [5.74, 6) is -0.217. The molecule has 0 atom stereocenters. The molecule has 0 saturated carbocycles. The summed E-state index contributed by atoms with van der Waals surface area (Å²) in [6, 6.07) is 0. The van der Waals surface area contributed by atoms with E-state index in [0.29, 0.717) is 15.8 Å². The van der Waals surface area contributed by atoms with Gasteiger partial charge in [-0.15, -0.1) is 10.2 Å². The third-order valence-electron chi connectivity index (χ3n) is 1.49. The summed E-state index contributed by atoms with van der Waals surface area (Å²) in [6.45, 7) is 1.77. The molecule has 7 heteroatoms. The highest BCUT2D eigenvalue weighted by molar-refractivity contribution is 7.16. The Bertz CT molecular complexity index is 460. The van der Waals surface area contributed by atoms with Crippen LogP contribution >= 0.6 is 11.3 Å². The smallest absolute Gasteiger partial charge is 0.310 e. The van der Waals surface area contributed by atoms with Crippen molar-refractivity contribution >= 4 is 22.3 Å². The minimum atomic E-state index is -0.886. The topological polar surface area (TPSA) is 80.4 Å². The zero-order valence-electron chi connectivity index (χ0n) is 6.76. The van der Waals surface area contributed by atoms with Gasteiger partial charge in [0.2, 0.25) is 4.96 Å². The monoisotopic (exact) mass is 198 g/mol. The summed E-state index contributed by atoms with van der Waals surface area (Å²) in [7, 11) is 0. The van der Waals surface area contributed by atoms with Crippen LogP contribution in [-0.2, 0) is 11.2 Å². The number of aromatic nitrogens is 4. The molecule has 0 fully saturated rings. The van der Waals surface area contributed by atoms with Crippen LogP contribution in [0, 0.1) is 6.92 Å². The standard InChI is InChI=1S/C6H6N4O2S/c1-3-7-8-6-10(3)9-4(13-6)2-5(11)12/h2H2,1H3,(H,11,12). The molecule has 0 unspecified atom stereocenters. The number of hydrogen-bond acceptors (Lipinski definition) is 5. The number of carboxylic acid groups (broad SMARTS) is 1. The number of fused-ring (bicyclic) bond motifs is 1. The maximum Gasteiger partial charge on any atom is 0.310 e. The molecule has 0 aliphatic rings. The molecular formula is C6H6N4O2S. The molecule has 2 heterocycles. The first kappa shape index (κ1) is 8.11. The van der Waals surface area contributed by atoms with Gasteiger partial charge in [-0.3, -0.25) is 4.79 Å². The van der Waals surface area contributed by atoms with Crippen molar-refractivity contribution < 1.29 is 9.90 Å². The fourth-order valence-electron chi connectivity index (χ4n) is 0.955. The molecule has 0 aliphatic heterocycles. The van der Waals surface area contributed by atoms with E-state index in [9.17, 15) is 4.79 Å². The first-order valence-corrected chi connectivity index (χ1v) is 4.38. The van der Waals surface area contributed by atoms with Crippen LogP contribution in [-0.4, -0.2) is 30.9 Å². The summed E-state index contributed by atoms with van der Waals surface area (Å²) in [5.41, 5.74) is 0. The van der Waals surface area contributed by atoms with Crippen LogP contribution in [0.15, 0.2) is 0 Å². The van der Waals surface area contributed by atoms with Crippen molar-refractivity contribution in [3.63, 3.8) is 0 Å². The second-order valence-corrected chi connectivity index (χ2v) is 3.55. The summed E-state index contributed by atoms with van der Waals surface area (Å²) < 4.78 is 1.54. The lowest BCUT2D eigenvalue weighted by molar-refractivity contribution is -0.136. The van der Waals surface area contributed by atoms with Gasteiger partial charge in [0.15, 0.2) is 5.82 Å². The van der Waals surface area contributed by atoms with Crippen molar-refractivity contribution in [3.05, 3.63) is 10.8 Å². The lowest BCUT2D eigenvalue weighted by Gasteiger charge is -1.85. The number of carbonyl (C=O) groups is 1. The fraction of sp³-hybridized carbons (Fsp3) is 0.333. The summed E-state index contributed by atoms with van der Waals surface area (Å²) in [4.78, 5) is 11.0. The highest BCUT2D eigenvalue weighted by Gasteiger charge is 2.10. The first-order valence-electron chi connectivity index (χ1n) is 3.56. The van der Waals surface area contributed by atoms with Crippen molar-refractivity contribution in [3.8, 4) is 0 Å². The van der Waals surface area contributed by atoms with Gasteiger partial charge in [0.25, 0.3) is 0 Å². The Balaban J connectivity index is 2.44. The predicted molar refractivity (Wildman–Crippen MR) is 44.7 cm³/mol. The molecule has 6 nitrogen and oxygen atoms in total. The second kappa shape index (κ2) is 2.77. The maximum atomic E-state index is 10.4. The Labute approximate surface area is 76.8 Å². The third-order valence-corrected chi connectivity index (χ3v) is 2.39. The van der Waals surface area contributed by atoms with Crippen LogP contribution < -0.4 is 0 Å². The van der Waals surface area contributed by atoms with Gasteiger partial charge in [-0.05, 0) is 6.92 Å². The van der Waals surface area contributed by atoms with Gasteiger partial charge in [-0.1, -0.05) is 11.3 Å². The van der Waals surface area contributed by atoms with Crippen LogP contribution in [0.1, 0.15) is 10.8 Å². The lowest BCUT2D eigenvalue weighted by Crippen LogP contribution is -2.00. The first-order chi connectivity index (χ1) is 6.16. The van der Waals surface area contributed by atoms with Gasteiger partial charge < -0.3 is 5.11 Å². The number of nitrogens with zero attached hydrogens (tertiary/aromatic N) is 4. The van der Waals surface area contributed by atoms with E-state index in [0.717, 1.165) is 0 Å². The predicted octanol–water partition coefficient (Wildman–Crippen LogP) is 0.121. The summed E-state index contributed by atoms with van der Waals surface area (Å²) in [5, 5.41) is 20.7. The van der Waals surface area contributed by atoms with E-state index >= 15 is 0 Å². The van der Waals surface area contributed by atoms with E-state index in [4.69, 9.17) is 5.11 Å². The molecule has 2 aromatic heterocycles. The Morgan fingerprint density at radius 3 is 3.00 bits per heavy atom. The minimum absolute atomic E-state index is 0.0620. The number of hydrogen-bond donors (Lipinski definition) is 1. The third kappa shape index (κ3) is 1.37. The van der Waals surface area contributed by atoms with Crippen LogP contribution in [0.4, 0.5) is 0 Å². The molecule has 0 bridgehead atoms. The van der Waals surface area contributed by atoms with Gasteiger partial charge in [0.05, 0.1) is 6.42 Å². The average Bonchev–Trinajstić information content (AvgIpc) is 2.53. The Hall–Kier alpha value is -1.50. The molecule has 13 heavy (non-hydrogen) atoms. The molecule has 2 rings (SSSR count). The van der Waals surface area contributed by atoms with Crippen molar-refractivity contribution in [1.82, 2.24) is 19.8 Å². The highest BCUT2D eigenvalue weighted by atomic mass is 32.1. The van der Waals surface area contributed by atoms with Crippen LogP contribution in [0.25, 0.3) is 4.96 Å². The van der Waals surface area contributed by atoms with Crippen LogP contribution in [0.2, 0.25) is 0 Å². The Kier molecular flexibility index (Phi) is 1.73. The Morgan fingerprint density at radius 2 is 2.38 bits per heavy atom. The summed E-state index contributed by atoms with van der Waals surface area (Å²) >= 11 is 1.24. The van der Waals surface area contributed by atoms with E-state index in [1.165, 1.54) is 11.3 Å². The molecule has 2 aromatic rings. The normalized spacial score (nSPS) is 10.8. The minimum Gasteiger partial charge on any atom is -0.481 e. The van der Waals surface area contributed by atoms with Crippen molar-refractivity contribution in [1.29, 1.82) is 0 Å². The molecule has 1 N–H and O–H groups in total. The summed E-state index contributed by atoms with van der Waals surface area (Å²) in [6.07, 6.45) is -0.0620. The zero-order valence-corrected chi connectivity index (χ0v) is 7.58. The van der Waals surface area contributed by atoms with Crippen molar-refractivity contribution in [2.75, 3.05) is 0 Å². The van der Waals surface area contributed by atoms with Crippen LogP contribution in [0.3, 0.4) is 0 Å². The van der Waals surface area contributed by atoms with Crippen LogP contribution in [0.5, 0.6) is 0 Å². The molecule has 0 radical (unpaired) electrons. The molecule has 0 saturated heterocycles. The lowest BCUT2D eigenvalue weighted by atomic mass is 10.5. The van der Waals surface area contributed by atoms with Gasteiger partial charge in [0, 0.05) is 0 Å². The average molecular weight is 198 g/mol. The largest absolute Gasteiger partial charge is 0.481 e. The number of aliphatic carboxylic acids is 1. The van der Waals surface area contributed by atoms with Gasteiger partial charge in [-0.2, -0.15) is 9.61 Å².